The molecule has 5 rings (SSSR count). The normalized spacial score (nSPS) is 11.4. The predicted octanol–water partition coefficient (Wildman–Crippen LogP) is 5.34. The average Bonchev–Trinajstić information content (AvgIpc) is 3.38. The van der Waals surface area contributed by atoms with E-state index in [1.165, 1.54) is 23.1 Å². The number of aromatic amines is 1. The van der Waals surface area contributed by atoms with Crippen molar-refractivity contribution in [3.63, 3.8) is 0 Å². The number of fused-ring (bicyclic) bond motifs is 2. The molecule has 0 aliphatic heterocycles. The Morgan fingerprint density at radius 2 is 1.70 bits per heavy atom. The van der Waals surface area contributed by atoms with Crippen LogP contribution in [-0.2, 0) is 19.5 Å². The summed E-state index contributed by atoms with van der Waals surface area (Å²) in [6, 6.07) is 22.1. The third-order valence-corrected chi connectivity index (χ3v) is 6.08. The second kappa shape index (κ2) is 8.92. The number of H-pyrrole nitrogens is 1. The van der Waals surface area contributed by atoms with Crippen molar-refractivity contribution in [2.45, 2.75) is 19.5 Å². The highest BCUT2D eigenvalue weighted by Gasteiger charge is 2.22. The van der Waals surface area contributed by atoms with Gasteiger partial charge in [0.2, 0.25) is 0 Å². The number of carboxylic acid groups (broad SMARTS) is 1. The van der Waals surface area contributed by atoms with E-state index in [0.29, 0.717) is 13.1 Å². The zero-order valence-electron chi connectivity index (χ0n) is 18.0. The number of hydrogen-bond donors (Lipinski definition) is 3. The summed E-state index contributed by atoms with van der Waals surface area (Å²) in [5.74, 6) is -1.28. The quantitative estimate of drug-likeness (QED) is 0.285. The minimum atomic E-state index is -0.971. The molecule has 166 valence electrons. The van der Waals surface area contributed by atoms with Gasteiger partial charge in [0.05, 0.1) is 0 Å². The van der Waals surface area contributed by atoms with Crippen molar-refractivity contribution >= 4 is 27.8 Å². The van der Waals surface area contributed by atoms with Crippen LogP contribution in [0.3, 0.4) is 0 Å². The molecule has 5 nitrogen and oxygen atoms in total. The van der Waals surface area contributed by atoms with E-state index < -0.39 is 5.97 Å². The molecule has 0 spiro atoms. The average molecular weight is 442 g/mol. The zero-order chi connectivity index (χ0) is 22.8. The molecule has 0 saturated heterocycles. The lowest BCUT2D eigenvalue weighted by molar-refractivity contribution is 0.0684. The minimum absolute atomic E-state index is 0.264. The van der Waals surface area contributed by atoms with Gasteiger partial charge in [-0.05, 0) is 48.4 Å². The molecule has 5 aromatic rings. The van der Waals surface area contributed by atoms with Crippen LogP contribution in [0.4, 0.5) is 4.39 Å². The highest BCUT2D eigenvalue weighted by Crippen LogP contribution is 2.28. The highest BCUT2D eigenvalue weighted by molar-refractivity contribution is 5.98. The van der Waals surface area contributed by atoms with Crippen LogP contribution in [-0.4, -0.2) is 27.2 Å². The van der Waals surface area contributed by atoms with Crippen molar-refractivity contribution in [2.75, 3.05) is 6.54 Å². The van der Waals surface area contributed by atoms with E-state index in [1.54, 1.807) is 12.1 Å². The Hall–Kier alpha value is -3.90. The molecule has 0 saturated carbocycles. The number of nitrogens with one attached hydrogen (secondary N) is 2. The Labute approximate surface area is 190 Å². The van der Waals surface area contributed by atoms with Crippen molar-refractivity contribution in [3.05, 3.63) is 107 Å². The summed E-state index contributed by atoms with van der Waals surface area (Å²) in [5, 5.41) is 15.6. The van der Waals surface area contributed by atoms with Gasteiger partial charge in [-0.1, -0.05) is 48.5 Å². The van der Waals surface area contributed by atoms with Gasteiger partial charge in [-0.3, -0.25) is 0 Å². The van der Waals surface area contributed by atoms with E-state index in [4.69, 9.17) is 0 Å². The van der Waals surface area contributed by atoms with E-state index in [-0.39, 0.29) is 11.5 Å². The fraction of sp³-hybridized carbons (Fsp3) is 0.148. The first-order chi connectivity index (χ1) is 16.1. The lowest BCUT2D eigenvalue weighted by Gasteiger charge is -2.10. The molecule has 33 heavy (non-hydrogen) atoms. The maximum Gasteiger partial charge on any atom is 0.352 e. The number of para-hydroxylation sites is 2. The van der Waals surface area contributed by atoms with Crippen LogP contribution in [0.15, 0.2) is 79.0 Å². The van der Waals surface area contributed by atoms with Crippen molar-refractivity contribution in [1.82, 2.24) is 14.9 Å². The van der Waals surface area contributed by atoms with Gasteiger partial charge in [0.15, 0.2) is 0 Å². The van der Waals surface area contributed by atoms with Crippen LogP contribution in [0, 0.1) is 5.82 Å². The molecule has 2 aromatic heterocycles. The van der Waals surface area contributed by atoms with Crippen molar-refractivity contribution in [1.29, 1.82) is 0 Å². The zero-order valence-corrected chi connectivity index (χ0v) is 18.0. The Balaban J connectivity index is 1.40. The summed E-state index contributed by atoms with van der Waals surface area (Å²) in [6.45, 7) is 1.52. The number of halogens is 1. The Kier molecular flexibility index (Phi) is 5.67. The standard InChI is InChI=1S/C27H24FN3O2/c28-20-11-9-18(10-12-20)17-31-25-8-4-2-6-22(25)23(26(31)27(32)33)16-29-14-13-19-15-30-24-7-3-1-5-21(19)24/h1-12,15,29-30H,13-14,16-17H2,(H,32,33). The van der Waals surface area contributed by atoms with Gasteiger partial charge in [0.25, 0.3) is 0 Å². The molecule has 0 fully saturated rings. The Morgan fingerprint density at radius 3 is 2.48 bits per heavy atom. The summed E-state index contributed by atoms with van der Waals surface area (Å²) >= 11 is 0. The van der Waals surface area contributed by atoms with E-state index in [0.717, 1.165) is 40.5 Å². The van der Waals surface area contributed by atoms with E-state index in [1.807, 2.05) is 47.2 Å². The predicted molar refractivity (Wildman–Crippen MR) is 128 cm³/mol. The largest absolute Gasteiger partial charge is 0.477 e. The number of carbonyl (C=O) groups is 1. The Morgan fingerprint density at radius 1 is 0.970 bits per heavy atom. The smallest absolute Gasteiger partial charge is 0.352 e. The van der Waals surface area contributed by atoms with Crippen LogP contribution in [0.2, 0.25) is 0 Å². The van der Waals surface area contributed by atoms with Gasteiger partial charge < -0.3 is 20.0 Å². The third kappa shape index (κ3) is 4.13. The number of carboxylic acids is 1. The maximum atomic E-state index is 13.3. The van der Waals surface area contributed by atoms with Crippen LogP contribution < -0.4 is 5.32 Å². The summed E-state index contributed by atoms with van der Waals surface area (Å²) in [6.07, 6.45) is 2.87. The van der Waals surface area contributed by atoms with Gasteiger partial charge in [-0.2, -0.15) is 0 Å². The molecule has 0 bridgehead atoms. The summed E-state index contributed by atoms with van der Waals surface area (Å²) in [4.78, 5) is 15.6. The summed E-state index contributed by atoms with van der Waals surface area (Å²) in [5.41, 5.74) is 5.07. The molecule has 2 heterocycles. The van der Waals surface area contributed by atoms with Gasteiger partial charge in [-0.25, -0.2) is 9.18 Å². The van der Waals surface area contributed by atoms with Crippen molar-refractivity contribution < 1.29 is 14.3 Å². The van der Waals surface area contributed by atoms with Crippen molar-refractivity contribution in [3.8, 4) is 0 Å². The van der Waals surface area contributed by atoms with Gasteiger partial charge in [0.1, 0.15) is 11.5 Å². The second-order valence-electron chi connectivity index (χ2n) is 8.15. The number of nitrogens with zero attached hydrogens (tertiary/aromatic N) is 1. The fourth-order valence-corrected chi connectivity index (χ4v) is 4.51. The molecule has 0 atom stereocenters. The van der Waals surface area contributed by atoms with E-state index in [2.05, 4.69) is 22.4 Å². The van der Waals surface area contributed by atoms with Gasteiger partial charge in [-0.15, -0.1) is 0 Å². The van der Waals surface area contributed by atoms with Crippen LogP contribution in [0.25, 0.3) is 21.8 Å². The highest BCUT2D eigenvalue weighted by atomic mass is 19.1. The van der Waals surface area contributed by atoms with Gasteiger partial charge >= 0.3 is 5.97 Å². The first-order valence-corrected chi connectivity index (χ1v) is 11.0. The second-order valence-corrected chi connectivity index (χ2v) is 8.15. The summed E-state index contributed by atoms with van der Waals surface area (Å²) < 4.78 is 15.1. The molecule has 0 radical (unpaired) electrons. The molecule has 0 amide bonds. The number of aromatic carboxylic acids is 1. The topological polar surface area (TPSA) is 70.1 Å². The third-order valence-electron chi connectivity index (χ3n) is 6.08. The molecule has 0 unspecified atom stereocenters. The molecule has 3 aromatic carbocycles. The maximum absolute atomic E-state index is 13.3. The Bertz CT molecular complexity index is 1430. The lowest BCUT2D eigenvalue weighted by Crippen LogP contribution is -2.19. The SMILES string of the molecule is O=C(O)c1c(CNCCc2c[nH]c3ccccc23)c2ccccc2n1Cc1ccc(F)cc1. The fourth-order valence-electron chi connectivity index (χ4n) is 4.51. The number of hydrogen-bond acceptors (Lipinski definition) is 2. The molecular weight excluding hydrogens is 417 g/mol. The molecule has 6 heteroatoms. The minimum Gasteiger partial charge on any atom is -0.477 e. The number of aromatic nitrogens is 2. The van der Waals surface area contributed by atoms with Crippen LogP contribution in [0.5, 0.6) is 0 Å². The van der Waals surface area contributed by atoms with E-state index in [9.17, 15) is 14.3 Å². The molecule has 0 aliphatic carbocycles. The molecule has 0 aliphatic rings. The van der Waals surface area contributed by atoms with Crippen LogP contribution >= 0.6 is 0 Å². The van der Waals surface area contributed by atoms with Gasteiger partial charge in [0, 0.05) is 46.7 Å². The molecular formula is C27H24FN3O2. The van der Waals surface area contributed by atoms with E-state index >= 15 is 0 Å². The summed E-state index contributed by atoms with van der Waals surface area (Å²) in [7, 11) is 0. The van der Waals surface area contributed by atoms with Crippen LogP contribution in [0.1, 0.15) is 27.2 Å². The number of rotatable bonds is 8. The lowest BCUT2D eigenvalue weighted by atomic mass is 10.1. The number of benzene rings is 3. The molecule has 3 N–H and O–H groups in total. The van der Waals surface area contributed by atoms with Crippen molar-refractivity contribution in [2.24, 2.45) is 0 Å². The first-order valence-electron chi connectivity index (χ1n) is 11.0. The first kappa shape index (κ1) is 21.0. The monoisotopic (exact) mass is 441 g/mol.